The first kappa shape index (κ1) is 40.3. The van der Waals surface area contributed by atoms with Gasteiger partial charge < -0.3 is 0 Å². The molecule has 0 amide bonds. The van der Waals surface area contributed by atoms with E-state index in [0.717, 1.165) is 22.1 Å². The first-order chi connectivity index (χ1) is 34.4. The Morgan fingerprint density at radius 1 is 0.257 bits per heavy atom. The van der Waals surface area contributed by atoms with Crippen LogP contribution in [0.2, 0.25) is 0 Å². The molecule has 0 radical (unpaired) electrons. The van der Waals surface area contributed by atoms with E-state index in [2.05, 4.69) is 232 Å². The minimum atomic E-state index is -0.548. The molecule has 2 aliphatic rings. The van der Waals surface area contributed by atoms with Crippen molar-refractivity contribution in [2.45, 2.75) is 24.7 Å². The second-order valence-electron chi connectivity index (χ2n) is 19.5. The first-order valence-corrected chi connectivity index (χ1v) is 24.3. The monoisotopic (exact) mass is 891 g/mol. The molecule has 14 rings (SSSR count). The van der Waals surface area contributed by atoms with Gasteiger partial charge in [0.25, 0.3) is 0 Å². The average Bonchev–Trinajstić information content (AvgIpc) is 3.86. The third kappa shape index (κ3) is 5.91. The Labute approximate surface area is 407 Å². The van der Waals surface area contributed by atoms with Crippen molar-refractivity contribution in [2.24, 2.45) is 0 Å². The number of benzene rings is 11. The highest BCUT2D eigenvalue weighted by Gasteiger charge is 2.46. The molecular formula is C67H45N3. The fourth-order valence-electron chi connectivity index (χ4n) is 12.1. The van der Waals surface area contributed by atoms with Gasteiger partial charge in [-0.1, -0.05) is 226 Å². The van der Waals surface area contributed by atoms with Crippen LogP contribution in [0.1, 0.15) is 47.2 Å². The fraction of sp³-hybridized carbons (Fsp3) is 0.0597. The molecule has 0 N–H and O–H groups in total. The van der Waals surface area contributed by atoms with Gasteiger partial charge in [0, 0.05) is 22.1 Å². The number of hydrogen-bond acceptors (Lipinski definition) is 3. The summed E-state index contributed by atoms with van der Waals surface area (Å²) in [7, 11) is 0. The van der Waals surface area contributed by atoms with Gasteiger partial charge in [0.1, 0.15) is 0 Å². The van der Waals surface area contributed by atoms with E-state index < -0.39 is 5.41 Å². The van der Waals surface area contributed by atoms with E-state index in [1.165, 1.54) is 93.7 Å². The molecule has 3 heteroatoms. The number of hydrogen-bond donors (Lipinski definition) is 0. The summed E-state index contributed by atoms with van der Waals surface area (Å²) in [5.74, 6) is 1.90. The van der Waals surface area contributed by atoms with Crippen molar-refractivity contribution in [1.29, 1.82) is 0 Å². The van der Waals surface area contributed by atoms with Gasteiger partial charge in [0.05, 0.1) is 5.41 Å². The molecule has 328 valence electrons. The Bertz CT molecular complexity index is 4040. The highest BCUT2D eigenvalue weighted by atomic mass is 15.0. The maximum Gasteiger partial charge on any atom is 0.164 e. The van der Waals surface area contributed by atoms with Crippen LogP contribution in [0.25, 0.3) is 99.9 Å². The van der Waals surface area contributed by atoms with E-state index in [-0.39, 0.29) is 5.41 Å². The lowest BCUT2D eigenvalue weighted by atomic mass is 9.67. The molecule has 0 unspecified atom stereocenters. The molecule has 0 saturated heterocycles. The molecule has 2 aliphatic carbocycles. The minimum Gasteiger partial charge on any atom is -0.208 e. The van der Waals surface area contributed by atoms with E-state index in [4.69, 9.17) is 15.0 Å². The normalized spacial score (nSPS) is 13.8. The lowest BCUT2D eigenvalue weighted by Gasteiger charge is -2.34. The summed E-state index contributed by atoms with van der Waals surface area (Å²) in [6.45, 7) is 4.70. The maximum absolute atomic E-state index is 5.40. The largest absolute Gasteiger partial charge is 0.208 e. The molecule has 70 heavy (non-hydrogen) atoms. The quantitative estimate of drug-likeness (QED) is 0.156. The first-order valence-electron chi connectivity index (χ1n) is 24.3. The molecule has 12 aromatic rings. The van der Waals surface area contributed by atoms with Crippen LogP contribution >= 0.6 is 0 Å². The van der Waals surface area contributed by atoms with Crippen LogP contribution in [0.4, 0.5) is 0 Å². The van der Waals surface area contributed by atoms with Crippen LogP contribution in [-0.2, 0) is 10.8 Å². The zero-order valence-corrected chi connectivity index (χ0v) is 38.9. The Morgan fingerprint density at radius 3 is 1.30 bits per heavy atom. The van der Waals surface area contributed by atoms with E-state index in [1.807, 2.05) is 18.2 Å². The third-order valence-corrected chi connectivity index (χ3v) is 15.4. The van der Waals surface area contributed by atoms with Gasteiger partial charge in [-0.05, 0) is 123 Å². The second-order valence-corrected chi connectivity index (χ2v) is 19.5. The summed E-state index contributed by atoms with van der Waals surface area (Å²) in [4.78, 5) is 15.9. The van der Waals surface area contributed by atoms with Gasteiger partial charge in [-0.25, -0.2) is 15.0 Å². The summed E-state index contributed by atoms with van der Waals surface area (Å²) in [5, 5.41) is 7.25. The molecule has 1 aromatic heterocycles. The number of fused-ring (bicyclic) bond motifs is 12. The van der Waals surface area contributed by atoms with Crippen molar-refractivity contribution in [3.8, 4) is 67.5 Å². The zero-order chi connectivity index (χ0) is 46.6. The summed E-state index contributed by atoms with van der Waals surface area (Å²) >= 11 is 0. The van der Waals surface area contributed by atoms with Crippen LogP contribution in [0.15, 0.2) is 237 Å². The predicted molar refractivity (Wildman–Crippen MR) is 289 cm³/mol. The summed E-state index contributed by atoms with van der Waals surface area (Å²) in [6, 6.07) is 86.3. The Kier molecular flexibility index (Phi) is 8.84. The van der Waals surface area contributed by atoms with Gasteiger partial charge in [0.2, 0.25) is 0 Å². The topological polar surface area (TPSA) is 38.7 Å². The number of nitrogens with zero attached hydrogens (tertiary/aromatic N) is 3. The number of aromatic nitrogens is 3. The fourth-order valence-corrected chi connectivity index (χ4v) is 12.1. The molecule has 0 atom stereocenters. The van der Waals surface area contributed by atoms with Gasteiger partial charge >= 0.3 is 0 Å². The standard InChI is InChI=1S/C67H45N3/c1-66(2)59-28-16-14-26-53(59)55-36-31-44(40-61(55)66)43-30-34-51-49-24-12-13-25-50(49)58-39-45(32-35-52(58)57(51)38-43)64-68-63(42-18-6-3-7-19-42)69-65(70-64)46-33-37-56-54-27-15-17-29-60(54)67(62(56)41-46,47-20-8-4-9-21-47)48-22-10-5-11-23-48/h3-41H,1-2H3. The summed E-state index contributed by atoms with van der Waals surface area (Å²) < 4.78 is 0. The van der Waals surface area contributed by atoms with E-state index >= 15 is 0 Å². The van der Waals surface area contributed by atoms with Crippen molar-refractivity contribution in [1.82, 2.24) is 15.0 Å². The molecule has 0 fully saturated rings. The van der Waals surface area contributed by atoms with Gasteiger partial charge in [-0.15, -0.1) is 0 Å². The summed E-state index contributed by atoms with van der Waals surface area (Å²) in [6.07, 6.45) is 0. The lowest BCUT2D eigenvalue weighted by molar-refractivity contribution is 0.660. The smallest absolute Gasteiger partial charge is 0.164 e. The molecule has 0 aliphatic heterocycles. The van der Waals surface area contributed by atoms with Crippen LogP contribution in [0.5, 0.6) is 0 Å². The van der Waals surface area contributed by atoms with E-state index in [9.17, 15) is 0 Å². The Hall–Kier alpha value is -8.79. The van der Waals surface area contributed by atoms with Crippen LogP contribution < -0.4 is 0 Å². The van der Waals surface area contributed by atoms with Crippen molar-refractivity contribution in [2.75, 3.05) is 0 Å². The van der Waals surface area contributed by atoms with E-state index in [0.29, 0.717) is 17.5 Å². The predicted octanol–water partition coefficient (Wildman–Crippen LogP) is 16.7. The van der Waals surface area contributed by atoms with Crippen molar-refractivity contribution in [3.63, 3.8) is 0 Å². The van der Waals surface area contributed by atoms with Crippen molar-refractivity contribution >= 4 is 32.3 Å². The molecule has 0 saturated carbocycles. The molecule has 3 nitrogen and oxygen atoms in total. The van der Waals surface area contributed by atoms with Crippen molar-refractivity contribution in [3.05, 3.63) is 270 Å². The highest BCUT2D eigenvalue weighted by Crippen LogP contribution is 2.57. The van der Waals surface area contributed by atoms with Crippen LogP contribution in [-0.4, -0.2) is 15.0 Å². The minimum absolute atomic E-state index is 0.0747. The second kappa shape index (κ2) is 15.4. The van der Waals surface area contributed by atoms with Crippen molar-refractivity contribution < 1.29 is 0 Å². The Morgan fingerprint density at radius 2 is 0.643 bits per heavy atom. The summed E-state index contributed by atoms with van der Waals surface area (Å²) in [5.41, 5.74) is 17.4. The SMILES string of the molecule is CC1(C)c2ccccc2-c2ccc(-c3ccc4c5ccccc5c5cc(-c6nc(-c7ccccc7)nc(-c7ccc8c(c7)C(c7ccccc7)(c7ccccc7)c7ccccc7-8)n6)ccc5c4c3)cc21. The third-order valence-electron chi connectivity index (χ3n) is 15.4. The number of rotatable bonds is 6. The molecular weight excluding hydrogens is 847 g/mol. The van der Waals surface area contributed by atoms with Crippen LogP contribution in [0.3, 0.4) is 0 Å². The maximum atomic E-state index is 5.40. The highest BCUT2D eigenvalue weighted by molar-refractivity contribution is 6.26. The van der Waals surface area contributed by atoms with Gasteiger partial charge in [-0.2, -0.15) is 0 Å². The Balaban J connectivity index is 0.947. The molecule has 0 bridgehead atoms. The molecule has 1 heterocycles. The van der Waals surface area contributed by atoms with Gasteiger partial charge in [-0.3, -0.25) is 0 Å². The molecule has 11 aromatic carbocycles. The zero-order valence-electron chi connectivity index (χ0n) is 38.9. The lowest BCUT2D eigenvalue weighted by Crippen LogP contribution is -2.28. The van der Waals surface area contributed by atoms with Crippen LogP contribution in [0, 0.1) is 0 Å². The van der Waals surface area contributed by atoms with Gasteiger partial charge in [0.15, 0.2) is 17.5 Å². The molecule has 0 spiro atoms. The van der Waals surface area contributed by atoms with E-state index in [1.54, 1.807) is 0 Å². The average molecular weight is 892 g/mol.